The maximum Gasteiger partial charge on any atom is 0.407 e. The van der Waals surface area contributed by atoms with E-state index in [4.69, 9.17) is 52.1 Å². The lowest BCUT2D eigenvalue weighted by molar-refractivity contribution is -0.385. The molecule has 16 nitrogen and oxygen atoms in total. The Balaban J connectivity index is 1.29. The van der Waals surface area contributed by atoms with E-state index in [9.17, 15) is 14.9 Å². The maximum atomic E-state index is 11.5. The predicted molar refractivity (Wildman–Crippen MR) is 190 cm³/mol. The first kappa shape index (κ1) is 44.6. The smallest absolute Gasteiger partial charge is 0.407 e. The number of amides is 1. The third-order valence-electron chi connectivity index (χ3n) is 6.38. The Morgan fingerprint density at radius 3 is 1.48 bits per heavy atom. The van der Waals surface area contributed by atoms with Gasteiger partial charge in [0.1, 0.15) is 18.8 Å². The van der Waals surface area contributed by atoms with E-state index in [1.807, 2.05) is 51.1 Å². The number of hydrogen-bond donors (Lipinski definition) is 1. The SMILES string of the molecule is CC(C)(C)OC(=O)NCCOCCOCCOCCOCCOCCOCCOCCOCCOc1ccc([N+](=O)[O-])cc1OCc1ccccc1. The van der Waals surface area contributed by atoms with Gasteiger partial charge < -0.3 is 57.4 Å². The Labute approximate surface area is 306 Å². The molecule has 52 heavy (non-hydrogen) atoms. The number of nitro benzene ring substituents is 1. The second kappa shape index (κ2) is 28.9. The van der Waals surface area contributed by atoms with Gasteiger partial charge in [0.05, 0.1) is 117 Å². The van der Waals surface area contributed by atoms with Crippen molar-refractivity contribution in [1.29, 1.82) is 0 Å². The number of hydrogen-bond acceptors (Lipinski definition) is 14. The molecule has 0 unspecified atom stereocenters. The fraction of sp³-hybridized carbons (Fsp3) is 0.639. The molecule has 0 heterocycles. The summed E-state index contributed by atoms with van der Waals surface area (Å²) in [5.74, 6) is 0.701. The topological polar surface area (TPSA) is 174 Å². The van der Waals surface area contributed by atoms with Gasteiger partial charge in [-0.15, -0.1) is 0 Å². The van der Waals surface area contributed by atoms with Crippen LogP contribution >= 0.6 is 0 Å². The zero-order chi connectivity index (χ0) is 37.5. The van der Waals surface area contributed by atoms with Crippen molar-refractivity contribution in [3.63, 3.8) is 0 Å². The Morgan fingerprint density at radius 2 is 1.04 bits per heavy atom. The van der Waals surface area contributed by atoms with E-state index in [0.29, 0.717) is 124 Å². The number of nitro groups is 1. The largest absolute Gasteiger partial charge is 0.487 e. The van der Waals surface area contributed by atoms with Crippen LogP contribution in [0.4, 0.5) is 10.5 Å². The fourth-order valence-electron chi connectivity index (χ4n) is 3.97. The highest BCUT2D eigenvalue weighted by Crippen LogP contribution is 2.32. The summed E-state index contributed by atoms with van der Waals surface area (Å²) in [5, 5.41) is 13.8. The van der Waals surface area contributed by atoms with Gasteiger partial charge in [0.2, 0.25) is 0 Å². The monoisotopic (exact) mass is 740 g/mol. The minimum atomic E-state index is -0.521. The van der Waals surface area contributed by atoms with Crippen LogP contribution in [0.5, 0.6) is 11.5 Å². The number of alkyl carbamates (subject to hydrolysis) is 1. The van der Waals surface area contributed by atoms with Crippen molar-refractivity contribution in [1.82, 2.24) is 5.32 Å². The summed E-state index contributed by atoms with van der Waals surface area (Å²) in [7, 11) is 0. The number of ether oxygens (including phenoxy) is 11. The lowest BCUT2D eigenvalue weighted by Gasteiger charge is -2.19. The van der Waals surface area contributed by atoms with Crippen LogP contribution in [0.2, 0.25) is 0 Å². The normalized spacial score (nSPS) is 11.4. The summed E-state index contributed by atoms with van der Waals surface area (Å²) < 4.78 is 60.5. The number of benzene rings is 2. The van der Waals surface area contributed by atoms with Crippen LogP contribution in [0.3, 0.4) is 0 Å². The highest BCUT2D eigenvalue weighted by Gasteiger charge is 2.15. The molecule has 1 amide bonds. The summed E-state index contributed by atoms with van der Waals surface area (Å²) in [6, 6.07) is 13.8. The van der Waals surface area contributed by atoms with E-state index in [-0.39, 0.29) is 18.9 Å². The summed E-state index contributed by atoms with van der Waals surface area (Å²) in [6.45, 7) is 13.2. The lowest BCUT2D eigenvalue weighted by Crippen LogP contribution is -2.34. The molecule has 0 aliphatic heterocycles. The minimum absolute atomic E-state index is 0.0765. The van der Waals surface area contributed by atoms with E-state index in [1.54, 1.807) is 0 Å². The number of carbonyl (C=O) groups excluding carboxylic acids is 1. The van der Waals surface area contributed by atoms with Crippen molar-refractivity contribution in [3.8, 4) is 11.5 Å². The first-order chi connectivity index (χ1) is 25.2. The molecular weight excluding hydrogens is 684 g/mol. The second-order valence-corrected chi connectivity index (χ2v) is 11.8. The van der Waals surface area contributed by atoms with Gasteiger partial charge in [-0.05, 0) is 32.4 Å². The van der Waals surface area contributed by atoms with Crippen LogP contribution < -0.4 is 14.8 Å². The average molecular weight is 741 g/mol. The molecule has 0 bridgehead atoms. The van der Waals surface area contributed by atoms with Crippen LogP contribution in [0, 0.1) is 10.1 Å². The molecule has 0 spiro atoms. The molecule has 0 saturated heterocycles. The Bertz CT molecular complexity index is 1200. The molecule has 0 aromatic heterocycles. The Morgan fingerprint density at radius 1 is 0.596 bits per heavy atom. The highest BCUT2D eigenvalue weighted by molar-refractivity contribution is 5.67. The Kier molecular flexibility index (Phi) is 24.8. The number of non-ortho nitro benzene ring substituents is 1. The molecule has 0 atom stereocenters. The number of nitrogens with one attached hydrogen (secondary N) is 1. The molecule has 16 heteroatoms. The zero-order valence-electron chi connectivity index (χ0n) is 30.7. The molecule has 0 radical (unpaired) electrons. The standard InChI is InChI=1S/C36H56N2O14/c1-36(2,3)52-35(39)37-11-12-42-13-14-43-15-16-44-17-18-45-19-20-46-21-22-47-23-24-48-25-26-49-27-28-50-33-10-9-32(38(40)41)29-34(33)51-30-31-7-5-4-6-8-31/h4-10,29H,11-28,30H2,1-3H3,(H,37,39). The molecule has 2 aromatic carbocycles. The summed E-state index contributed by atoms with van der Waals surface area (Å²) in [4.78, 5) is 22.2. The van der Waals surface area contributed by atoms with Crippen molar-refractivity contribution in [2.24, 2.45) is 0 Å². The van der Waals surface area contributed by atoms with Gasteiger partial charge in [-0.3, -0.25) is 10.1 Å². The third-order valence-corrected chi connectivity index (χ3v) is 6.38. The van der Waals surface area contributed by atoms with Gasteiger partial charge >= 0.3 is 6.09 Å². The molecule has 1 N–H and O–H groups in total. The molecule has 0 aliphatic carbocycles. The van der Waals surface area contributed by atoms with Gasteiger partial charge in [0, 0.05) is 12.6 Å². The van der Waals surface area contributed by atoms with E-state index < -0.39 is 16.6 Å². The fourth-order valence-corrected chi connectivity index (χ4v) is 3.97. The van der Waals surface area contributed by atoms with Crippen LogP contribution in [-0.2, 0) is 49.2 Å². The molecule has 0 fully saturated rings. The lowest BCUT2D eigenvalue weighted by atomic mass is 10.2. The number of nitrogens with zero attached hydrogens (tertiary/aromatic N) is 1. The third kappa shape index (κ3) is 24.6. The molecular formula is C36H56N2O14. The van der Waals surface area contributed by atoms with Gasteiger partial charge in [-0.2, -0.15) is 0 Å². The highest BCUT2D eigenvalue weighted by atomic mass is 16.6. The van der Waals surface area contributed by atoms with Crippen LogP contribution in [0.1, 0.15) is 26.3 Å². The van der Waals surface area contributed by atoms with Crippen molar-refractivity contribution in [2.75, 3.05) is 119 Å². The van der Waals surface area contributed by atoms with E-state index in [2.05, 4.69) is 5.32 Å². The van der Waals surface area contributed by atoms with Crippen molar-refractivity contribution >= 4 is 11.8 Å². The first-order valence-corrected chi connectivity index (χ1v) is 17.4. The second-order valence-electron chi connectivity index (χ2n) is 11.8. The Hall–Kier alpha value is -3.61. The van der Waals surface area contributed by atoms with Crippen molar-refractivity contribution in [2.45, 2.75) is 33.0 Å². The number of rotatable bonds is 32. The van der Waals surface area contributed by atoms with Crippen molar-refractivity contribution < 1.29 is 61.8 Å². The van der Waals surface area contributed by atoms with Gasteiger partial charge in [-0.1, -0.05) is 30.3 Å². The molecule has 2 aromatic rings. The van der Waals surface area contributed by atoms with E-state index in [0.717, 1.165) is 5.56 Å². The molecule has 294 valence electrons. The van der Waals surface area contributed by atoms with E-state index in [1.165, 1.54) is 18.2 Å². The van der Waals surface area contributed by atoms with Crippen molar-refractivity contribution in [3.05, 3.63) is 64.2 Å². The number of carbonyl (C=O) groups is 1. The molecule has 0 aliphatic rings. The van der Waals surface area contributed by atoms with Crippen LogP contribution in [-0.4, -0.2) is 135 Å². The summed E-state index contributed by atoms with van der Waals surface area (Å²) >= 11 is 0. The van der Waals surface area contributed by atoms with Crippen LogP contribution in [0.25, 0.3) is 0 Å². The minimum Gasteiger partial charge on any atom is -0.487 e. The first-order valence-electron chi connectivity index (χ1n) is 17.4. The zero-order valence-corrected chi connectivity index (χ0v) is 30.7. The van der Waals surface area contributed by atoms with Gasteiger partial charge in [0.25, 0.3) is 5.69 Å². The molecule has 0 saturated carbocycles. The summed E-state index contributed by atoms with van der Waals surface area (Å²) in [5.41, 5.74) is 0.338. The van der Waals surface area contributed by atoms with Gasteiger partial charge in [-0.25, -0.2) is 4.79 Å². The van der Waals surface area contributed by atoms with E-state index >= 15 is 0 Å². The summed E-state index contributed by atoms with van der Waals surface area (Å²) in [6.07, 6.45) is -0.461. The molecule has 2 rings (SSSR count). The van der Waals surface area contributed by atoms with Gasteiger partial charge in [0.15, 0.2) is 11.5 Å². The average Bonchev–Trinajstić information content (AvgIpc) is 3.11. The quantitative estimate of drug-likeness (QED) is 0.0642. The maximum absolute atomic E-state index is 11.5. The predicted octanol–water partition coefficient (Wildman–Crippen LogP) is 4.21. The van der Waals surface area contributed by atoms with Crippen LogP contribution in [0.15, 0.2) is 48.5 Å².